The van der Waals surface area contributed by atoms with Gasteiger partial charge in [0.1, 0.15) is 12.2 Å². The summed E-state index contributed by atoms with van der Waals surface area (Å²) in [5.74, 6) is 0. The summed E-state index contributed by atoms with van der Waals surface area (Å²) in [5.41, 5.74) is 1.10. The van der Waals surface area contributed by atoms with Crippen LogP contribution in [0.3, 0.4) is 0 Å². The molecule has 25 heavy (non-hydrogen) atoms. The second-order valence-corrected chi connectivity index (χ2v) is 6.31. The van der Waals surface area contributed by atoms with E-state index >= 15 is 0 Å². The van der Waals surface area contributed by atoms with Gasteiger partial charge in [-0.3, -0.25) is 0 Å². The van der Waals surface area contributed by atoms with Gasteiger partial charge in [0.2, 0.25) is 4.92 Å². The number of hydrogen-bond donors (Lipinski definition) is 0. The molecule has 4 unspecified atom stereocenters. The Morgan fingerprint density at radius 1 is 1.12 bits per heavy atom. The molecule has 0 aliphatic carbocycles. The highest BCUT2D eigenvalue weighted by Gasteiger charge is 2.36. The second kappa shape index (κ2) is 11.7. The van der Waals surface area contributed by atoms with E-state index in [-0.39, 0.29) is 24.3 Å². The maximum absolute atomic E-state index is 10.5. The molecule has 2 fully saturated rings. The minimum absolute atomic E-state index is 0.0463. The van der Waals surface area contributed by atoms with Crippen molar-refractivity contribution in [3.05, 3.63) is 4.91 Å². The normalized spacial score (nSPS) is 29.6. The number of hydrogen-bond acceptors (Lipinski definition) is 6. The number of cyclic esters (lactones) is 1. The van der Waals surface area contributed by atoms with Crippen molar-refractivity contribution in [1.29, 1.82) is 0 Å². The number of carbonyl (C=O) groups is 1. The zero-order valence-electron chi connectivity index (χ0n) is 16.8. The number of ether oxygens (including phenoxy) is 1. The van der Waals surface area contributed by atoms with E-state index in [1.807, 2.05) is 48.5 Å². The Labute approximate surface area is 151 Å². The van der Waals surface area contributed by atoms with E-state index in [2.05, 4.69) is 5.16 Å². The van der Waals surface area contributed by atoms with E-state index in [0.29, 0.717) is 11.0 Å². The van der Waals surface area contributed by atoms with Gasteiger partial charge in [0.05, 0.1) is 23.6 Å². The van der Waals surface area contributed by atoms with Crippen LogP contribution in [0.5, 0.6) is 0 Å². The molecule has 3 aliphatic rings. The van der Waals surface area contributed by atoms with Crippen LogP contribution in [0.1, 0.15) is 61.3 Å². The Morgan fingerprint density at radius 2 is 1.72 bits per heavy atom. The molecule has 0 N–H and O–H groups in total. The van der Waals surface area contributed by atoms with Crippen LogP contribution < -0.4 is 0 Å². The van der Waals surface area contributed by atoms with Gasteiger partial charge in [-0.2, -0.15) is 0 Å². The van der Waals surface area contributed by atoms with Crippen LogP contribution in [0.25, 0.3) is 0 Å². The number of carbonyl (C=O) groups excluding carboxylic acids is 1. The van der Waals surface area contributed by atoms with Crippen molar-refractivity contribution in [3.8, 4) is 0 Å². The SMILES string of the molecule is CC.CC1=NOC(C)C1.CC1CC(C)[N+](=O)O1.CC1CN(C)C(=O)O1. The summed E-state index contributed by atoms with van der Waals surface area (Å²) in [6.07, 6.45) is 2.15. The van der Waals surface area contributed by atoms with Gasteiger partial charge in [-0.15, -0.1) is 0 Å². The summed E-state index contributed by atoms with van der Waals surface area (Å²) in [5, 5.41) is 3.73. The van der Waals surface area contributed by atoms with E-state index in [0.717, 1.165) is 25.1 Å². The topological polar surface area (TPSA) is 80.4 Å². The van der Waals surface area contributed by atoms with Crippen molar-refractivity contribution < 1.29 is 24.1 Å². The zero-order chi connectivity index (χ0) is 19.6. The van der Waals surface area contributed by atoms with E-state index in [1.54, 1.807) is 11.9 Å². The number of amides is 1. The van der Waals surface area contributed by atoms with Crippen molar-refractivity contribution in [2.45, 2.75) is 85.7 Å². The molecule has 8 heteroatoms. The molecule has 8 nitrogen and oxygen atoms in total. The van der Waals surface area contributed by atoms with Gasteiger partial charge in [-0.1, -0.05) is 19.0 Å². The molecule has 1 amide bonds. The standard InChI is InChI=1S/C5H9NO2.C5H10NO2.C5H9NO.C2H6/c1-4-3-6(2)5(7)8-4;1-4-3-5(2)8-6(4)7;1-4-3-5(2)7-6-4;1-2/h4H,3H2,1-2H3;4-5H,3H2,1-2H3;5H,3H2,1-2H3;1-2H3/q;+1;;. The molecule has 0 bridgehead atoms. The van der Waals surface area contributed by atoms with Crippen LogP contribution in [-0.2, 0) is 14.4 Å². The first-order chi connectivity index (χ1) is 11.7. The first-order valence-corrected chi connectivity index (χ1v) is 8.93. The summed E-state index contributed by atoms with van der Waals surface area (Å²) >= 11 is 0. The maximum atomic E-state index is 10.5. The minimum Gasteiger partial charge on any atom is -0.445 e. The maximum Gasteiger partial charge on any atom is 0.409 e. The molecule has 0 aromatic rings. The largest absolute Gasteiger partial charge is 0.445 e. The van der Waals surface area contributed by atoms with Gasteiger partial charge < -0.3 is 14.5 Å². The van der Waals surface area contributed by atoms with Crippen molar-refractivity contribution >= 4 is 11.8 Å². The first kappa shape index (κ1) is 23.1. The van der Waals surface area contributed by atoms with Crippen LogP contribution >= 0.6 is 0 Å². The number of likely N-dealkylation sites (N-methyl/N-ethyl adjacent to an activating group) is 1. The lowest BCUT2D eigenvalue weighted by Crippen LogP contribution is -2.18. The molecule has 4 atom stereocenters. The molecule has 3 aliphatic heterocycles. The molecule has 2 saturated heterocycles. The van der Waals surface area contributed by atoms with Crippen molar-refractivity contribution in [1.82, 2.24) is 4.90 Å². The van der Waals surface area contributed by atoms with E-state index in [9.17, 15) is 9.70 Å². The third-order valence-corrected chi connectivity index (χ3v) is 3.43. The van der Waals surface area contributed by atoms with E-state index < -0.39 is 0 Å². The summed E-state index contributed by atoms with van der Waals surface area (Å²) in [6.45, 7) is 14.3. The number of oxime groups is 1. The van der Waals surface area contributed by atoms with Gasteiger partial charge in [0.15, 0.2) is 6.10 Å². The second-order valence-electron chi connectivity index (χ2n) is 6.31. The summed E-state index contributed by atoms with van der Waals surface area (Å²) in [4.78, 5) is 32.8. The quantitative estimate of drug-likeness (QED) is 0.660. The molecule has 0 spiro atoms. The van der Waals surface area contributed by atoms with E-state index in [4.69, 9.17) is 14.4 Å². The Kier molecular flexibility index (Phi) is 10.8. The third kappa shape index (κ3) is 9.26. The molecule has 0 saturated carbocycles. The fraction of sp³-hybridized carbons (Fsp3) is 0.882. The van der Waals surface area contributed by atoms with Crippen LogP contribution in [0.15, 0.2) is 5.16 Å². The fourth-order valence-electron chi connectivity index (χ4n) is 2.32. The zero-order valence-corrected chi connectivity index (χ0v) is 16.8. The van der Waals surface area contributed by atoms with Gasteiger partial charge in [-0.05, 0) is 27.7 Å². The molecule has 0 radical (unpaired) electrons. The Balaban J connectivity index is 0.000000330. The highest BCUT2D eigenvalue weighted by atomic mass is 16.8. The van der Waals surface area contributed by atoms with Crippen molar-refractivity contribution in [3.63, 3.8) is 0 Å². The highest BCUT2D eigenvalue weighted by molar-refractivity contribution is 5.82. The van der Waals surface area contributed by atoms with Crippen LogP contribution in [-0.4, -0.2) is 59.6 Å². The van der Waals surface area contributed by atoms with Gasteiger partial charge in [0, 0.05) is 20.4 Å². The first-order valence-electron chi connectivity index (χ1n) is 8.93. The Bertz CT molecular complexity index is 428. The molecule has 3 rings (SSSR count). The molecular weight excluding hydrogens is 326 g/mol. The van der Waals surface area contributed by atoms with E-state index in [1.165, 1.54) is 0 Å². The molecular formula is C17H34N3O5+. The monoisotopic (exact) mass is 360 g/mol. The predicted octanol–water partition coefficient (Wildman–Crippen LogP) is 3.53. The van der Waals surface area contributed by atoms with Crippen LogP contribution in [0.2, 0.25) is 0 Å². The molecule has 146 valence electrons. The average molecular weight is 360 g/mol. The fourth-order valence-corrected chi connectivity index (χ4v) is 2.32. The van der Waals surface area contributed by atoms with Gasteiger partial charge >= 0.3 is 6.09 Å². The van der Waals surface area contributed by atoms with Gasteiger partial charge in [0.25, 0.3) is 6.04 Å². The van der Waals surface area contributed by atoms with Crippen molar-refractivity contribution in [2.75, 3.05) is 13.6 Å². The van der Waals surface area contributed by atoms with Gasteiger partial charge in [-0.25, -0.2) is 9.63 Å². The highest BCUT2D eigenvalue weighted by Crippen LogP contribution is 2.13. The number of nitrogens with zero attached hydrogens (tertiary/aromatic N) is 3. The average Bonchev–Trinajstić information content (AvgIpc) is 3.15. The lowest BCUT2D eigenvalue weighted by molar-refractivity contribution is -0.805. The molecule has 3 heterocycles. The third-order valence-electron chi connectivity index (χ3n) is 3.43. The molecule has 0 aromatic heterocycles. The van der Waals surface area contributed by atoms with Crippen molar-refractivity contribution in [2.24, 2.45) is 5.16 Å². The van der Waals surface area contributed by atoms with Crippen LogP contribution in [0.4, 0.5) is 4.79 Å². The number of rotatable bonds is 0. The predicted molar refractivity (Wildman–Crippen MR) is 96.4 cm³/mol. The summed E-state index contributed by atoms with van der Waals surface area (Å²) < 4.78 is 4.76. The summed E-state index contributed by atoms with van der Waals surface area (Å²) in [6, 6.07) is 0.0463. The smallest absolute Gasteiger partial charge is 0.409 e. The minimum atomic E-state index is -0.211. The lowest BCUT2D eigenvalue weighted by Gasteiger charge is -1.99. The lowest BCUT2D eigenvalue weighted by atomic mass is 10.2. The summed E-state index contributed by atoms with van der Waals surface area (Å²) in [7, 11) is 1.73. The Morgan fingerprint density at radius 3 is 1.84 bits per heavy atom. The molecule has 0 aromatic carbocycles. The van der Waals surface area contributed by atoms with Crippen LogP contribution in [0, 0.1) is 4.91 Å². The Hall–Kier alpha value is -1.86.